The summed E-state index contributed by atoms with van der Waals surface area (Å²) >= 11 is 0. The summed E-state index contributed by atoms with van der Waals surface area (Å²) in [6.45, 7) is 5.66. The first-order valence-corrected chi connectivity index (χ1v) is 14.4. The number of carbonyl (C=O) groups excluding carboxylic acids is 3. The van der Waals surface area contributed by atoms with Crippen LogP contribution in [0.15, 0.2) is 66.7 Å². The van der Waals surface area contributed by atoms with E-state index in [1.54, 1.807) is 12.1 Å². The smallest absolute Gasteiger partial charge is 0.309 e. The van der Waals surface area contributed by atoms with Crippen molar-refractivity contribution in [2.45, 2.75) is 71.4 Å². The molecule has 0 saturated carbocycles. The highest BCUT2D eigenvalue weighted by Crippen LogP contribution is 2.24. The summed E-state index contributed by atoms with van der Waals surface area (Å²) in [5.41, 5.74) is 1.43. The third-order valence-corrected chi connectivity index (χ3v) is 7.46. The predicted octanol–water partition coefficient (Wildman–Crippen LogP) is 4.52. The van der Waals surface area contributed by atoms with Crippen LogP contribution in [0.25, 0.3) is 0 Å². The number of carbonyl (C=O) groups is 3. The maximum Gasteiger partial charge on any atom is 0.309 e. The molecule has 4 atom stereocenters. The van der Waals surface area contributed by atoms with Crippen LogP contribution in [0.2, 0.25) is 0 Å². The molecule has 3 N–H and O–H groups in total. The van der Waals surface area contributed by atoms with Gasteiger partial charge in [-0.25, -0.2) is 4.39 Å². The highest BCUT2D eigenvalue weighted by Gasteiger charge is 2.32. The topological polar surface area (TPSA) is 105 Å². The molecular weight excluding hydrogens is 523 g/mol. The number of rotatable bonds is 8. The first-order valence-electron chi connectivity index (χ1n) is 14.4. The van der Waals surface area contributed by atoms with Crippen LogP contribution in [0.1, 0.15) is 57.6 Å². The lowest BCUT2D eigenvalue weighted by Gasteiger charge is -2.32. The molecule has 2 aromatic rings. The molecule has 222 valence electrons. The number of hydrogen-bond acceptors (Lipinski definition) is 5. The normalized spacial score (nSPS) is 22.2. The molecule has 2 amide bonds. The van der Waals surface area contributed by atoms with E-state index in [1.807, 2.05) is 63.3 Å². The Bertz CT molecular complexity index is 1160. The van der Waals surface area contributed by atoms with E-state index in [9.17, 15) is 23.9 Å². The van der Waals surface area contributed by atoms with Crippen LogP contribution in [-0.4, -0.2) is 48.2 Å². The van der Waals surface area contributed by atoms with Gasteiger partial charge in [0, 0.05) is 6.42 Å². The van der Waals surface area contributed by atoms with Gasteiger partial charge in [0.15, 0.2) is 0 Å². The van der Waals surface area contributed by atoms with E-state index in [0.29, 0.717) is 32.1 Å². The minimum Gasteiger partial charge on any atom is -0.463 e. The van der Waals surface area contributed by atoms with Crippen molar-refractivity contribution in [3.05, 3.63) is 83.7 Å². The quantitative estimate of drug-likeness (QED) is 0.322. The van der Waals surface area contributed by atoms with Crippen molar-refractivity contribution in [2.24, 2.45) is 17.3 Å². The highest BCUT2D eigenvalue weighted by molar-refractivity contribution is 5.86. The molecule has 2 aromatic carbocycles. The van der Waals surface area contributed by atoms with Gasteiger partial charge in [0.1, 0.15) is 12.4 Å². The number of aliphatic hydroxyl groups is 1. The van der Waals surface area contributed by atoms with Crippen molar-refractivity contribution in [1.29, 1.82) is 0 Å². The molecule has 41 heavy (non-hydrogen) atoms. The number of esters is 1. The number of amides is 2. The summed E-state index contributed by atoms with van der Waals surface area (Å²) < 4.78 is 19.1. The van der Waals surface area contributed by atoms with Gasteiger partial charge in [0.25, 0.3) is 0 Å². The zero-order chi connectivity index (χ0) is 29.8. The Morgan fingerprint density at radius 3 is 2.41 bits per heavy atom. The second-order valence-corrected chi connectivity index (χ2v) is 11.9. The number of allylic oxidation sites excluding steroid dienone is 2. The van der Waals surface area contributed by atoms with Crippen LogP contribution in [0.5, 0.6) is 0 Å². The average molecular weight is 567 g/mol. The SMILES string of the molecule is CC(C)(C)[C@H]1COC(=O)[C@H](Cc2ccc(F)cc2)CC/C=C/C[C@@H](CC(=O)N[C@H](CO)Cc2ccccc2)C(=O)N1. The number of nitrogens with one attached hydrogen (secondary N) is 2. The number of halogens is 1. The van der Waals surface area contributed by atoms with Gasteiger partial charge in [0.2, 0.25) is 11.8 Å². The number of benzene rings is 2. The summed E-state index contributed by atoms with van der Waals surface area (Å²) in [5.74, 6) is -2.32. The van der Waals surface area contributed by atoms with E-state index < -0.39 is 29.3 Å². The molecule has 0 aliphatic carbocycles. The van der Waals surface area contributed by atoms with Crippen molar-refractivity contribution >= 4 is 17.8 Å². The van der Waals surface area contributed by atoms with Gasteiger partial charge in [0.05, 0.1) is 30.5 Å². The standard InChI is InChI=1S/C33H43FN2O5/c1-33(2,3)29-22-41-32(40)26(18-24-14-16-27(34)17-15-24)13-9-5-8-12-25(31(39)36-29)20-30(38)35-28(21-37)19-23-10-6-4-7-11-23/h4-8,10-11,14-17,25-26,28-29,37H,9,12-13,18-22H2,1-3H3,(H,35,38)(H,36,39)/b8-5+/t25-,26-,28-,29+/m0/s1. The minimum atomic E-state index is -0.626. The summed E-state index contributed by atoms with van der Waals surface area (Å²) in [7, 11) is 0. The van der Waals surface area contributed by atoms with Crippen molar-refractivity contribution in [2.75, 3.05) is 13.2 Å². The average Bonchev–Trinajstić information content (AvgIpc) is 2.94. The van der Waals surface area contributed by atoms with Crippen LogP contribution < -0.4 is 10.6 Å². The fraction of sp³-hybridized carbons (Fsp3) is 0.485. The van der Waals surface area contributed by atoms with Gasteiger partial charge in [-0.1, -0.05) is 75.4 Å². The monoisotopic (exact) mass is 566 g/mol. The molecule has 0 aromatic heterocycles. The molecular formula is C33H43FN2O5. The van der Waals surface area contributed by atoms with Crippen molar-refractivity contribution < 1.29 is 28.6 Å². The van der Waals surface area contributed by atoms with Crippen LogP contribution >= 0.6 is 0 Å². The third kappa shape index (κ3) is 10.8. The van der Waals surface area contributed by atoms with E-state index in [-0.39, 0.29) is 43.2 Å². The van der Waals surface area contributed by atoms with Gasteiger partial charge in [-0.2, -0.15) is 0 Å². The van der Waals surface area contributed by atoms with Crippen molar-refractivity contribution in [1.82, 2.24) is 10.6 Å². The van der Waals surface area contributed by atoms with E-state index in [4.69, 9.17) is 4.74 Å². The van der Waals surface area contributed by atoms with E-state index >= 15 is 0 Å². The first kappa shape index (κ1) is 32.0. The van der Waals surface area contributed by atoms with Gasteiger partial charge < -0.3 is 20.5 Å². The van der Waals surface area contributed by atoms with Crippen LogP contribution in [-0.2, 0) is 32.0 Å². The van der Waals surface area contributed by atoms with Gasteiger partial charge in [-0.15, -0.1) is 0 Å². The lowest BCUT2D eigenvalue weighted by molar-refractivity contribution is -0.151. The Morgan fingerprint density at radius 1 is 1.05 bits per heavy atom. The number of aliphatic hydroxyl groups excluding tert-OH is 1. The highest BCUT2D eigenvalue weighted by atomic mass is 19.1. The molecule has 0 bridgehead atoms. The molecule has 0 unspecified atom stereocenters. The fourth-order valence-corrected chi connectivity index (χ4v) is 4.82. The molecule has 0 radical (unpaired) electrons. The Balaban J connectivity index is 1.71. The molecule has 1 aliphatic rings. The molecule has 3 rings (SSSR count). The minimum absolute atomic E-state index is 0.00397. The second-order valence-electron chi connectivity index (χ2n) is 11.9. The van der Waals surface area contributed by atoms with E-state index in [0.717, 1.165) is 11.1 Å². The first-order chi connectivity index (χ1) is 19.5. The third-order valence-electron chi connectivity index (χ3n) is 7.46. The summed E-state index contributed by atoms with van der Waals surface area (Å²) in [5, 5.41) is 15.7. The summed E-state index contributed by atoms with van der Waals surface area (Å²) in [4.78, 5) is 39.5. The Labute approximate surface area is 242 Å². The van der Waals surface area contributed by atoms with Gasteiger partial charge >= 0.3 is 5.97 Å². The lowest BCUT2D eigenvalue weighted by Crippen LogP contribution is -2.50. The molecule has 0 fully saturated rings. The van der Waals surface area contributed by atoms with Crippen LogP contribution in [0, 0.1) is 23.1 Å². The fourth-order valence-electron chi connectivity index (χ4n) is 4.82. The predicted molar refractivity (Wildman–Crippen MR) is 156 cm³/mol. The van der Waals surface area contributed by atoms with Crippen LogP contribution in [0.4, 0.5) is 4.39 Å². The largest absolute Gasteiger partial charge is 0.463 e. The van der Waals surface area contributed by atoms with Crippen LogP contribution in [0.3, 0.4) is 0 Å². The maximum absolute atomic E-state index is 13.4. The summed E-state index contributed by atoms with van der Waals surface area (Å²) in [6, 6.07) is 14.8. The Hall–Kier alpha value is -3.52. The molecule has 0 spiro atoms. The molecule has 0 saturated heterocycles. The zero-order valence-corrected chi connectivity index (χ0v) is 24.3. The zero-order valence-electron chi connectivity index (χ0n) is 24.3. The van der Waals surface area contributed by atoms with E-state index in [1.165, 1.54) is 12.1 Å². The summed E-state index contributed by atoms with van der Waals surface area (Å²) in [6.07, 6.45) is 6.17. The number of hydrogen-bond donors (Lipinski definition) is 3. The number of cyclic esters (lactones) is 1. The maximum atomic E-state index is 13.4. The Kier molecular flexibility index (Phi) is 12.1. The molecule has 8 heteroatoms. The molecule has 1 aliphatic heterocycles. The van der Waals surface area contributed by atoms with Crippen molar-refractivity contribution in [3.8, 4) is 0 Å². The van der Waals surface area contributed by atoms with Gasteiger partial charge in [-0.3, -0.25) is 14.4 Å². The molecule has 1 heterocycles. The Morgan fingerprint density at radius 2 is 1.76 bits per heavy atom. The molecule has 7 nitrogen and oxygen atoms in total. The van der Waals surface area contributed by atoms with Gasteiger partial charge in [-0.05, 0) is 60.8 Å². The van der Waals surface area contributed by atoms with E-state index in [2.05, 4.69) is 10.6 Å². The number of ether oxygens (including phenoxy) is 1. The lowest BCUT2D eigenvalue weighted by atomic mass is 9.86. The van der Waals surface area contributed by atoms with Crippen molar-refractivity contribution in [3.63, 3.8) is 0 Å². The second kappa shape index (κ2) is 15.5.